The molecule has 1 aliphatic heterocycles. The first kappa shape index (κ1) is 16.1. The Bertz CT molecular complexity index is 789. The van der Waals surface area contributed by atoms with E-state index in [0.717, 1.165) is 50.1 Å². The zero-order chi connectivity index (χ0) is 16.4. The number of hydrogen-bond acceptors (Lipinski definition) is 5. The minimum absolute atomic E-state index is 0.934. The second kappa shape index (κ2) is 7.27. The van der Waals surface area contributed by atoms with Gasteiger partial charge >= 0.3 is 0 Å². The summed E-state index contributed by atoms with van der Waals surface area (Å²) in [5.41, 5.74) is 2.33. The molecule has 2 aromatic heterocycles. The van der Waals surface area contributed by atoms with Crippen LogP contribution >= 0.6 is 23.1 Å². The smallest absolute Gasteiger partial charge is 0.169 e. The maximum absolute atomic E-state index is 4.75. The number of aromatic nitrogens is 2. The van der Waals surface area contributed by atoms with Crippen molar-refractivity contribution in [1.82, 2.24) is 19.4 Å². The van der Waals surface area contributed by atoms with E-state index in [2.05, 4.69) is 62.4 Å². The topological polar surface area (TPSA) is 24.3 Å². The van der Waals surface area contributed by atoms with Crippen LogP contribution < -0.4 is 0 Å². The largest absolute Gasteiger partial charge is 0.305 e. The molecule has 4 nitrogen and oxygen atoms in total. The highest BCUT2D eigenvalue weighted by Gasteiger charge is 2.19. The van der Waals surface area contributed by atoms with Crippen LogP contribution in [0.3, 0.4) is 0 Å². The second-order valence-electron chi connectivity index (χ2n) is 6.13. The van der Waals surface area contributed by atoms with Gasteiger partial charge in [0, 0.05) is 37.6 Å². The highest BCUT2D eigenvalue weighted by molar-refractivity contribution is 7.98. The predicted molar refractivity (Wildman–Crippen MR) is 103 cm³/mol. The van der Waals surface area contributed by atoms with Crippen molar-refractivity contribution < 1.29 is 0 Å². The molecule has 0 radical (unpaired) electrons. The van der Waals surface area contributed by atoms with E-state index in [1.807, 2.05) is 11.3 Å². The molecule has 4 rings (SSSR count). The maximum Gasteiger partial charge on any atom is 0.169 e. The van der Waals surface area contributed by atoms with Crippen LogP contribution in [0.2, 0.25) is 0 Å². The van der Waals surface area contributed by atoms with E-state index in [4.69, 9.17) is 4.98 Å². The summed E-state index contributed by atoms with van der Waals surface area (Å²) in [5.74, 6) is 0. The molecular weight excluding hydrogens is 336 g/mol. The zero-order valence-corrected chi connectivity index (χ0v) is 15.5. The summed E-state index contributed by atoms with van der Waals surface area (Å²) in [7, 11) is 0. The normalized spacial score (nSPS) is 16.9. The Morgan fingerprint density at radius 1 is 1.04 bits per heavy atom. The molecule has 3 aromatic rings. The number of para-hydroxylation sites is 2. The Labute approximate surface area is 151 Å². The lowest BCUT2D eigenvalue weighted by molar-refractivity contribution is 0.102. The highest BCUT2D eigenvalue weighted by Crippen LogP contribution is 2.23. The molecule has 0 atom stereocenters. The summed E-state index contributed by atoms with van der Waals surface area (Å²) in [6.45, 7) is 6.54. The maximum atomic E-state index is 4.75. The molecule has 1 aromatic carbocycles. The van der Waals surface area contributed by atoms with Crippen molar-refractivity contribution in [1.29, 1.82) is 0 Å². The van der Waals surface area contributed by atoms with Gasteiger partial charge in [-0.1, -0.05) is 30.0 Å². The van der Waals surface area contributed by atoms with E-state index in [-0.39, 0.29) is 0 Å². The van der Waals surface area contributed by atoms with Gasteiger partial charge in [0.25, 0.3) is 0 Å². The fourth-order valence-corrected chi connectivity index (χ4v) is 4.57. The van der Waals surface area contributed by atoms with Gasteiger partial charge in [0.05, 0.1) is 17.7 Å². The van der Waals surface area contributed by atoms with Crippen LogP contribution in [0.25, 0.3) is 11.0 Å². The molecule has 0 bridgehead atoms. The van der Waals surface area contributed by atoms with Gasteiger partial charge in [-0.25, -0.2) is 4.98 Å². The van der Waals surface area contributed by atoms with Gasteiger partial charge in [-0.2, -0.15) is 0 Å². The molecule has 3 heterocycles. The van der Waals surface area contributed by atoms with Gasteiger partial charge < -0.3 is 4.57 Å². The van der Waals surface area contributed by atoms with Gasteiger partial charge in [0.15, 0.2) is 5.16 Å². The number of thiophene rings is 1. The van der Waals surface area contributed by atoms with Crippen LogP contribution in [0.15, 0.2) is 46.9 Å². The Kier molecular flexibility index (Phi) is 4.89. The molecule has 0 spiro atoms. The van der Waals surface area contributed by atoms with E-state index >= 15 is 0 Å². The van der Waals surface area contributed by atoms with E-state index in [0.29, 0.717) is 0 Å². The molecule has 0 N–H and O–H groups in total. The van der Waals surface area contributed by atoms with E-state index in [1.54, 1.807) is 11.8 Å². The Hall–Kier alpha value is -1.34. The number of fused-ring (bicyclic) bond motifs is 1. The van der Waals surface area contributed by atoms with Crippen molar-refractivity contribution in [3.8, 4) is 0 Å². The van der Waals surface area contributed by atoms with Crippen molar-refractivity contribution in [2.75, 3.05) is 32.4 Å². The van der Waals surface area contributed by atoms with Crippen LogP contribution in [0.1, 0.15) is 4.88 Å². The second-order valence-corrected chi connectivity index (χ2v) is 7.94. The first-order valence-electron chi connectivity index (χ1n) is 8.30. The number of thioether (sulfide) groups is 1. The number of imidazole rings is 1. The summed E-state index contributed by atoms with van der Waals surface area (Å²) in [4.78, 5) is 11.3. The minimum atomic E-state index is 0.934. The molecule has 24 heavy (non-hydrogen) atoms. The lowest BCUT2D eigenvalue weighted by Crippen LogP contribution is -2.46. The third kappa shape index (κ3) is 3.37. The van der Waals surface area contributed by atoms with Crippen molar-refractivity contribution in [2.45, 2.75) is 18.4 Å². The highest BCUT2D eigenvalue weighted by atomic mass is 32.2. The van der Waals surface area contributed by atoms with E-state index in [9.17, 15) is 0 Å². The number of rotatable bonds is 5. The number of nitrogens with zero attached hydrogens (tertiary/aromatic N) is 4. The molecule has 0 saturated carbocycles. The van der Waals surface area contributed by atoms with Crippen molar-refractivity contribution >= 4 is 34.1 Å². The molecule has 1 saturated heterocycles. The molecule has 1 aliphatic rings. The molecule has 6 heteroatoms. The average molecular weight is 359 g/mol. The van der Waals surface area contributed by atoms with Gasteiger partial charge in [-0.05, 0) is 29.8 Å². The average Bonchev–Trinajstić information content (AvgIpc) is 3.24. The molecular formula is C18H22N4S2. The number of piperazine rings is 1. The van der Waals surface area contributed by atoms with Gasteiger partial charge in [0.1, 0.15) is 0 Å². The zero-order valence-electron chi connectivity index (χ0n) is 13.9. The van der Waals surface area contributed by atoms with Gasteiger partial charge in [0.2, 0.25) is 0 Å². The Morgan fingerprint density at radius 3 is 2.58 bits per heavy atom. The molecule has 0 amide bonds. The van der Waals surface area contributed by atoms with Gasteiger partial charge in [-0.15, -0.1) is 11.3 Å². The summed E-state index contributed by atoms with van der Waals surface area (Å²) in [6.07, 6.45) is 2.11. The molecule has 0 unspecified atom stereocenters. The van der Waals surface area contributed by atoms with Crippen LogP contribution in [0, 0.1) is 0 Å². The summed E-state index contributed by atoms with van der Waals surface area (Å²) < 4.78 is 2.36. The van der Waals surface area contributed by atoms with Crippen LogP contribution in [-0.4, -0.2) is 51.8 Å². The lowest BCUT2D eigenvalue weighted by Gasteiger charge is -2.34. The van der Waals surface area contributed by atoms with Crippen molar-refractivity contribution in [3.05, 3.63) is 46.7 Å². The van der Waals surface area contributed by atoms with E-state index in [1.165, 1.54) is 10.4 Å². The molecule has 126 valence electrons. The van der Waals surface area contributed by atoms with Crippen LogP contribution in [-0.2, 0) is 13.2 Å². The van der Waals surface area contributed by atoms with Crippen LogP contribution in [0.4, 0.5) is 0 Å². The van der Waals surface area contributed by atoms with Gasteiger partial charge in [-0.3, -0.25) is 9.80 Å². The Morgan fingerprint density at radius 2 is 1.83 bits per heavy atom. The summed E-state index contributed by atoms with van der Waals surface area (Å²) in [5, 5.41) is 3.27. The first-order valence-corrected chi connectivity index (χ1v) is 10.4. The SMILES string of the molecule is CSc1nc2ccccc2n1CN1CCN(Cc2cccs2)CC1. The fourth-order valence-electron chi connectivity index (χ4n) is 3.26. The van der Waals surface area contributed by atoms with Crippen molar-refractivity contribution in [2.24, 2.45) is 0 Å². The first-order chi connectivity index (χ1) is 11.8. The minimum Gasteiger partial charge on any atom is -0.305 e. The fraction of sp³-hybridized carbons (Fsp3) is 0.389. The quantitative estimate of drug-likeness (QED) is 0.651. The third-order valence-corrected chi connectivity index (χ3v) is 6.11. The lowest BCUT2D eigenvalue weighted by atomic mass is 10.3. The molecule has 1 fully saturated rings. The summed E-state index contributed by atoms with van der Waals surface area (Å²) >= 11 is 3.59. The Balaban J connectivity index is 1.42. The molecule has 0 aliphatic carbocycles. The third-order valence-electron chi connectivity index (χ3n) is 4.57. The van der Waals surface area contributed by atoms with Crippen LogP contribution in [0.5, 0.6) is 0 Å². The summed E-state index contributed by atoms with van der Waals surface area (Å²) in [6, 6.07) is 12.8. The van der Waals surface area contributed by atoms with E-state index < -0.39 is 0 Å². The van der Waals surface area contributed by atoms with Crippen molar-refractivity contribution in [3.63, 3.8) is 0 Å². The number of benzene rings is 1. The number of hydrogen-bond donors (Lipinski definition) is 0. The standard InChI is InChI=1S/C18H22N4S2/c1-23-18-19-16-6-2-3-7-17(16)22(18)14-21-10-8-20(9-11-21)13-15-5-4-12-24-15/h2-7,12H,8-11,13-14H2,1H3. The monoisotopic (exact) mass is 358 g/mol. The predicted octanol–water partition coefficient (Wildman–Crippen LogP) is 3.60.